The van der Waals surface area contributed by atoms with Gasteiger partial charge in [-0.05, 0) is 0 Å². The Morgan fingerprint density at radius 1 is 1.83 bits per heavy atom. The number of nitrogen functional groups attached to an aromatic ring is 1. The van der Waals surface area contributed by atoms with Crippen LogP contribution in [0.1, 0.15) is 11.8 Å². The number of aliphatic hydroxyl groups excluding tert-OH is 1. The van der Waals surface area contributed by atoms with Crippen LogP contribution in [0.15, 0.2) is 6.20 Å². The average Bonchev–Trinajstić information content (AvgIpc) is 2.47. The third-order valence-corrected chi connectivity index (χ3v) is 3.54. The van der Waals surface area contributed by atoms with Crippen LogP contribution in [-0.2, 0) is 5.75 Å². The van der Waals surface area contributed by atoms with Crippen LogP contribution < -0.4 is 5.73 Å². The summed E-state index contributed by atoms with van der Waals surface area (Å²) in [6.45, 7) is 2.22. The summed E-state index contributed by atoms with van der Waals surface area (Å²) in [5, 5.41) is 9.66. The SMILES string of the molecule is CC(CO)SCc1cnc(N)s1. The third kappa shape index (κ3) is 3.00. The Bertz CT molecular complexity index is 239. The van der Waals surface area contributed by atoms with Gasteiger partial charge >= 0.3 is 0 Å². The fourth-order valence-electron chi connectivity index (χ4n) is 0.666. The molecule has 0 saturated carbocycles. The first kappa shape index (κ1) is 9.83. The second-order valence-electron chi connectivity index (χ2n) is 2.47. The molecule has 1 heterocycles. The number of nitrogens with zero attached hydrogens (tertiary/aromatic N) is 1. The van der Waals surface area contributed by atoms with Gasteiger partial charge in [0.25, 0.3) is 0 Å². The maximum atomic E-state index is 8.76. The molecule has 0 amide bonds. The Kier molecular flexibility index (Phi) is 3.84. The molecule has 0 aliphatic heterocycles. The van der Waals surface area contributed by atoms with Crippen molar-refractivity contribution in [2.24, 2.45) is 0 Å². The van der Waals surface area contributed by atoms with Crippen molar-refractivity contribution in [1.29, 1.82) is 0 Å². The standard InChI is InChI=1S/C7H12N2OS2/c1-5(3-10)11-4-6-2-9-7(8)12-6/h2,5,10H,3-4H2,1H3,(H2,8,9). The van der Waals surface area contributed by atoms with E-state index in [0.717, 1.165) is 10.6 Å². The van der Waals surface area contributed by atoms with Crippen LogP contribution in [0.4, 0.5) is 5.13 Å². The van der Waals surface area contributed by atoms with Crippen LogP contribution in [0.25, 0.3) is 0 Å². The highest BCUT2D eigenvalue weighted by molar-refractivity contribution is 7.99. The number of anilines is 1. The van der Waals surface area contributed by atoms with Crippen LogP contribution in [-0.4, -0.2) is 21.9 Å². The number of nitrogens with two attached hydrogens (primary N) is 1. The minimum Gasteiger partial charge on any atom is -0.395 e. The Morgan fingerprint density at radius 2 is 2.58 bits per heavy atom. The second-order valence-corrected chi connectivity index (χ2v) is 5.04. The highest BCUT2D eigenvalue weighted by atomic mass is 32.2. The van der Waals surface area contributed by atoms with Crippen molar-refractivity contribution < 1.29 is 5.11 Å². The van der Waals surface area contributed by atoms with Gasteiger partial charge in [0.2, 0.25) is 0 Å². The molecule has 5 heteroatoms. The first-order chi connectivity index (χ1) is 5.72. The van der Waals surface area contributed by atoms with Gasteiger partial charge in [-0.3, -0.25) is 0 Å². The third-order valence-electron chi connectivity index (χ3n) is 1.34. The zero-order chi connectivity index (χ0) is 8.97. The molecule has 0 aliphatic rings. The molecule has 0 bridgehead atoms. The van der Waals surface area contributed by atoms with E-state index in [9.17, 15) is 0 Å². The average molecular weight is 204 g/mol. The van der Waals surface area contributed by atoms with Crippen LogP contribution >= 0.6 is 23.1 Å². The van der Waals surface area contributed by atoms with Gasteiger partial charge < -0.3 is 10.8 Å². The van der Waals surface area contributed by atoms with Gasteiger partial charge in [-0.25, -0.2) is 4.98 Å². The first-order valence-corrected chi connectivity index (χ1v) is 5.51. The maximum Gasteiger partial charge on any atom is 0.180 e. The summed E-state index contributed by atoms with van der Waals surface area (Å²) in [4.78, 5) is 5.11. The van der Waals surface area contributed by atoms with E-state index in [4.69, 9.17) is 10.8 Å². The van der Waals surface area contributed by atoms with Crippen molar-refractivity contribution in [3.63, 3.8) is 0 Å². The first-order valence-electron chi connectivity index (χ1n) is 3.65. The largest absolute Gasteiger partial charge is 0.395 e. The molecule has 3 nitrogen and oxygen atoms in total. The summed E-state index contributed by atoms with van der Waals surface area (Å²) in [7, 11) is 0. The molecule has 0 saturated heterocycles. The molecule has 1 rings (SSSR count). The molecule has 1 unspecified atom stereocenters. The fraction of sp³-hybridized carbons (Fsp3) is 0.571. The zero-order valence-corrected chi connectivity index (χ0v) is 8.49. The number of thioether (sulfide) groups is 1. The molecule has 0 radical (unpaired) electrons. The van der Waals surface area contributed by atoms with Crippen LogP contribution in [0.2, 0.25) is 0 Å². The van der Waals surface area contributed by atoms with Crippen LogP contribution in [0.3, 0.4) is 0 Å². The number of thiazole rings is 1. The second kappa shape index (κ2) is 4.69. The van der Waals surface area contributed by atoms with Gasteiger partial charge in [0.05, 0.1) is 6.61 Å². The molecule has 3 N–H and O–H groups in total. The van der Waals surface area contributed by atoms with Gasteiger partial charge in [-0.15, -0.1) is 11.3 Å². The lowest BCUT2D eigenvalue weighted by atomic mass is 10.5. The molecule has 0 aromatic carbocycles. The molecule has 1 atom stereocenters. The van der Waals surface area contributed by atoms with Gasteiger partial charge in [0, 0.05) is 22.1 Å². The monoisotopic (exact) mass is 204 g/mol. The predicted octanol–water partition coefficient (Wildman–Crippen LogP) is 1.34. The fourth-order valence-corrected chi connectivity index (χ4v) is 2.21. The van der Waals surface area contributed by atoms with Gasteiger partial charge in [-0.1, -0.05) is 6.92 Å². The van der Waals surface area contributed by atoms with Crippen molar-refractivity contribution in [1.82, 2.24) is 4.98 Å². The Labute approximate surface area is 80.0 Å². The zero-order valence-electron chi connectivity index (χ0n) is 6.86. The lowest BCUT2D eigenvalue weighted by molar-refractivity contribution is 0.300. The number of aromatic nitrogens is 1. The van der Waals surface area contributed by atoms with Crippen molar-refractivity contribution in [2.45, 2.75) is 17.9 Å². The molecule has 0 aliphatic carbocycles. The van der Waals surface area contributed by atoms with Crippen LogP contribution in [0.5, 0.6) is 0 Å². The van der Waals surface area contributed by atoms with Crippen molar-refractivity contribution in [3.8, 4) is 0 Å². The van der Waals surface area contributed by atoms with E-state index in [0.29, 0.717) is 5.13 Å². The molecular formula is C7H12N2OS2. The summed E-state index contributed by atoms with van der Waals surface area (Å²) in [5.74, 6) is 0.886. The van der Waals surface area contributed by atoms with Crippen LogP contribution in [0, 0.1) is 0 Å². The summed E-state index contributed by atoms with van der Waals surface area (Å²) in [6, 6.07) is 0. The minimum absolute atomic E-state index is 0.221. The molecule has 1 aromatic heterocycles. The summed E-state index contributed by atoms with van der Waals surface area (Å²) >= 11 is 3.21. The smallest absolute Gasteiger partial charge is 0.180 e. The van der Waals surface area contributed by atoms with E-state index < -0.39 is 0 Å². The minimum atomic E-state index is 0.221. The molecule has 0 spiro atoms. The van der Waals surface area contributed by atoms with Gasteiger partial charge in [0.15, 0.2) is 5.13 Å². The van der Waals surface area contributed by atoms with Crippen molar-refractivity contribution in [3.05, 3.63) is 11.1 Å². The predicted molar refractivity (Wildman–Crippen MR) is 54.4 cm³/mol. The number of rotatable bonds is 4. The van der Waals surface area contributed by atoms with Gasteiger partial charge in [0.1, 0.15) is 0 Å². The molecule has 68 valence electrons. The quantitative estimate of drug-likeness (QED) is 0.777. The van der Waals surface area contributed by atoms with E-state index in [2.05, 4.69) is 4.98 Å². The Hall–Kier alpha value is -0.260. The topological polar surface area (TPSA) is 59.1 Å². The van der Waals surface area contributed by atoms with E-state index in [-0.39, 0.29) is 11.9 Å². The molecular weight excluding hydrogens is 192 g/mol. The van der Waals surface area contributed by atoms with Gasteiger partial charge in [-0.2, -0.15) is 11.8 Å². The van der Waals surface area contributed by atoms with E-state index in [1.54, 1.807) is 18.0 Å². The Balaban J connectivity index is 2.33. The molecule has 0 fully saturated rings. The van der Waals surface area contributed by atoms with E-state index in [1.165, 1.54) is 11.3 Å². The number of hydrogen-bond donors (Lipinski definition) is 2. The highest BCUT2D eigenvalue weighted by Crippen LogP contribution is 2.22. The normalized spacial score (nSPS) is 13.2. The van der Waals surface area contributed by atoms with E-state index in [1.807, 2.05) is 6.92 Å². The lowest BCUT2D eigenvalue weighted by Gasteiger charge is -2.04. The maximum absolute atomic E-state index is 8.76. The van der Waals surface area contributed by atoms with E-state index >= 15 is 0 Å². The summed E-state index contributed by atoms with van der Waals surface area (Å²) < 4.78 is 0. The Morgan fingerprint density at radius 3 is 3.08 bits per heavy atom. The molecule has 12 heavy (non-hydrogen) atoms. The summed E-state index contributed by atoms with van der Waals surface area (Å²) in [5.41, 5.74) is 5.47. The number of hydrogen-bond acceptors (Lipinski definition) is 5. The molecule has 1 aromatic rings. The summed E-state index contributed by atoms with van der Waals surface area (Å²) in [6.07, 6.45) is 1.79. The van der Waals surface area contributed by atoms with Crippen molar-refractivity contribution >= 4 is 28.2 Å². The van der Waals surface area contributed by atoms with Crippen molar-refractivity contribution in [2.75, 3.05) is 12.3 Å². The lowest BCUT2D eigenvalue weighted by Crippen LogP contribution is -2.01. The number of aliphatic hydroxyl groups is 1. The highest BCUT2D eigenvalue weighted by Gasteiger charge is 2.03.